The number of carbonyl (C=O) groups excluding carboxylic acids is 1. The number of hydrogen-bond acceptors (Lipinski definition) is 6. The largest absolute Gasteiger partial charge is 0.495 e. The molecule has 17 heavy (non-hydrogen) atoms. The van der Waals surface area contributed by atoms with E-state index in [0.717, 1.165) is 0 Å². The van der Waals surface area contributed by atoms with E-state index in [2.05, 4.69) is 9.72 Å². The van der Waals surface area contributed by atoms with Gasteiger partial charge in [-0.05, 0) is 0 Å². The van der Waals surface area contributed by atoms with E-state index in [0.29, 0.717) is 17.2 Å². The first-order valence-corrected chi connectivity index (χ1v) is 4.95. The number of nitrogens with zero attached hydrogens (tertiary/aromatic N) is 1. The Morgan fingerprint density at radius 1 is 1.41 bits per heavy atom. The summed E-state index contributed by atoms with van der Waals surface area (Å²) >= 11 is 0. The molecule has 0 fully saturated rings. The molecule has 1 atom stereocenters. The SMILES string of the molecule is COC(=O)C[C@H](O)c1cc(OC)ncc1OC. The van der Waals surface area contributed by atoms with Gasteiger partial charge in [-0.2, -0.15) is 0 Å². The van der Waals surface area contributed by atoms with Gasteiger partial charge in [-0.15, -0.1) is 0 Å². The molecule has 0 aromatic carbocycles. The van der Waals surface area contributed by atoms with Crippen molar-refractivity contribution in [3.05, 3.63) is 17.8 Å². The van der Waals surface area contributed by atoms with Crippen molar-refractivity contribution in [3.63, 3.8) is 0 Å². The van der Waals surface area contributed by atoms with Crippen molar-refractivity contribution in [2.75, 3.05) is 21.3 Å². The molecule has 0 aliphatic rings. The Hall–Kier alpha value is -1.82. The van der Waals surface area contributed by atoms with Gasteiger partial charge in [-0.25, -0.2) is 4.98 Å². The third-order valence-corrected chi connectivity index (χ3v) is 2.25. The van der Waals surface area contributed by atoms with Crippen LogP contribution in [0.25, 0.3) is 0 Å². The minimum atomic E-state index is -1.02. The molecule has 6 nitrogen and oxygen atoms in total. The second-order valence-corrected chi connectivity index (χ2v) is 3.26. The Kier molecular flexibility index (Phi) is 4.71. The van der Waals surface area contributed by atoms with E-state index in [1.54, 1.807) is 0 Å². The highest BCUT2D eigenvalue weighted by Gasteiger charge is 2.18. The number of esters is 1. The third-order valence-electron chi connectivity index (χ3n) is 2.25. The highest BCUT2D eigenvalue weighted by Crippen LogP contribution is 2.29. The summed E-state index contributed by atoms with van der Waals surface area (Å²) in [4.78, 5) is 15.0. The molecule has 1 aromatic heterocycles. The van der Waals surface area contributed by atoms with Crippen molar-refractivity contribution >= 4 is 5.97 Å². The summed E-state index contributed by atoms with van der Waals surface area (Å²) in [5, 5.41) is 9.89. The number of rotatable bonds is 5. The van der Waals surface area contributed by atoms with Crippen LogP contribution in [-0.2, 0) is 9.53 Å². The van der Waals surface area contributed by atoms with Gasteiger partial charge in [0.2, 0.25) is 5.88 Å². The summed E-state index contributed by atoms with van der Waals surface area (Å²) in [6, 6.07) is 1.52. The maximum atomic E-state index is 11.1. The van der Waals surface area contributed by atoms with Crippen LogP contribution in [-0.4, -0.2) is 37.4 Å². The molecule has 1 rings (SSSR count). The van der Waals surface area contributed by atoms with Crippen LogP contribution in [0.1, 0.15) is 18.1 Å². The minimum Gasteiger partial charge on any atom is -0.495 e. The van der Waals surface area contributed by atoms with Crippen LogP contribution in [0.3, 0.4) is 0 Å². The number of carbonyl (C=O) groups is 1. The van der Waals surface area contributed by atoms with Gasteiger partial charge in [-0.1, -0.05) is 0 Å². The number of pyridine rings is 1. The smallest absolute Gasteiger partial charge is 0.308 e. The Balaban J connectivity index is 2.96. The third kappa shape index (κ3) is 3.32. The van der Waals surface area contributed by atoms with E-state index in [-0.39, 0.29) is 6.42 Å². The monoisotopic (exact) mass is 241 g/mol. The second kappa shape index (κ2) is 6.05. The summed E-state index contributed by atoms with van der Waals surface area (Å²) in [5.41, 5.74) is 0.435. The van der Waals surface area contributed by atoms with Gasteiger partial charge in [-0.3, -0.25) is 4.79 Å². The van der Waals surface area contributed by atoms with Crippen LogP contribution >= 0.6 is 0 Å². The van der Waals surface area contributed by atoms with Gasteiger partial charge in [0.1, 0.15) is 5.75 Å². The first-order chi connectivity index (χ1) is 8.12. The number of methoxy groups -OCH3 is 3. The van der Waals surface area contributed by atoms with Crippen molar-refractivity contribution in [1.82, 2.24) is 4.98 Å². The molecular weight excluding hydrogens is 226 g/mol. The van der Waals surface area contributed by atoms with Crippen LogP contribution in [0.2, 0.25) is 0 Å². The highest BCUT2D eigenvalue weighted by atomic mass is 16.5. The molecule has 1 heterocycles. The topological polar surface area (TPSA) is 77.9 Å². The van der Waals surface area contributed by atoms with E-state index in [1.807, 2.05) is 0 Å². The van der Waals surface area contributed by atoms with E-state index in [1.165, 1.54) is 33.6 Å². The fraction of sp³-hybridized carbons (Fsp3) is 0.455. The standard InChI is InChI=1S/C11H15NO5/c1-15-9-6-12-10(16-2)4-7(9)8(13)5-11(14)17-3/h4,6,8,13H,5H2,1-3H3/t8-/m0/s1. The van der Waals surface area contributed by atoms with Crippen LogP contribution in [0.15, 0.2) is 12.3 Å². The van der Waals surface area contributed by atoms with E-state index >= 15 is 0 Å². The summed E-state index contributed by atoms with van der Waals surface area (Å²) in [6.07, 6.45) is 0.253. The zero-order valence-corrected chi connectivity index (χ0v) is 9.97. The average Bonchev–Trinajstić information content (AvgIpc) is 2.37. The van der Waals surface area contributed by atoms with Crippen LogP contribution in [0.4, 0.5) is 0 Å². The number of hydrogen-bond donors (Lipinski definition) is 1. The summed E-state index contributed by atoms with van der Waals surface area (Å²) < 4.78 is 14.5. The lowest BCUT2D eigenvalue weighted by Gasteiger charge is -2.14. The lowest BCUT2D eigenvalue weighted by molar-refractivity contribution is -0.142. The van der Waals surface area contributed by atoms with Crippen molar-refractivity contribution in [1.29, 1.82) is 0 Å². The predicted molar refractivity (Wildman–Crippen MR) is 58.9 cm³/mol. The van der Waals surface area contributed by atoms with Gasteiger partial charge >= 0.3 is 5.97 Å². The van der Waals surface area contributed by atoms with Gasteiger partial charge in [0.25, 0.3) is 0 Å². The van der Waals surface area contributed by atoms with E-state index < -0.39 is 12.1 Å². The Bertz CT molecular complexity index is 393. The van der Waals surface area contributed by atoms with Crippen molar-refractivity contribution in [2.45, 2.75) is 12.5 Å². The number of aromatic nitrogens is 1. The number of aliphatic hydroxyl groups is 1. The van der Waals surface area contributed by atoms with E-state index in [9.17, 15) is 9.90 Å². The van der Waals surface area contributed by atoms with Crippen molar-refractivity contribution in [2.24, 2.45) is 0 Å². The Labute approximate surface area is 99.1 Å². The molecule has 0 radical (unpaired) electrons. The first kappa shape index (κ1) is 13.2. The number of ether oxygens (including phenoxy) is 3. The van der Waals surface area contributed by atoms with Gasteiger partial charge in [0.15, 0.2) is 0 Å². The maximum absolute atomic E-state index is 11.1. The van der Waals surface area contributed by atoms with Crippen molar-refractivity contribution < 1.29 is 24.1 Å². The highest BCUT2D eigenvalue weighted by molar-refractivity contribution is 5.70. The maximum Gasteiger partial charge on any atom is 0.308 e. The van der Waals surface area contributed by atoms with Gasteiger partial charge in [0.05, 0.1) is 40.1 Å². The van der Waals surface area contributed by atoms with Crippen LogP contribution in [0, 0.1) is 0 Å². The molecule has 0 spiro atoms. The fourth-order valence-electron chi connectivity index (χ4n) is 1.33. The molecule has 94 valence electrons. The molecule has 1 aromatic rings. The molecule has 0 saturated heterocycles. The van der Waals surface area contributed by atoms with Gasteiger partial charge < -0.3 is 19.3 Å². The number of aliphatic hydroxyl groups excluding tert-OH is 1. The Morgan fingerprint density at radius 2 is 2.12 bits per heavy atom. The average molecular weight is 241 g/mol. The molecule has 0 aliphatic carbocycles. The Morgan fingerprint density at radius 3 is 2.65 bits per heavy atom. The molecular formula is C11H15NO5. The summed E-state index contributed by atoms with van der Waals surface area (Å²) in [7, 11) is 4.18. The zero-order valence-electron chi connectivity index (χ0n) is 9.97. The lowest BCUT2D eigenvalue weighted by atomic mass is 10.1. The second-order valence-electron chi connectivity index (χ2n) is 3.26. The molecule has 0 unspecified atom stereocenters. The zero-order chi connectivity index (χ0) is 12.8. The molecule has 6 heteroatoms. The predicted octanol–water partition coefficient (Wildman–Crippen LogP) is 0.695. The molecule has 0 amide bonds. The molecule has 0 bridgehead atoms. The van der Waals surface area contributed by atoms with Gasteiger partial charge in [0, 0.05) is 11.6 Å². The van der Waals surface area contributed by atoms with Crippen LogP contribution < -0.4 is 9.47 Å². The van der Waals surface area contributed by atoms with Crippen molar-refractivity contribution in [3.8, 4) is 11.6 Å². The molecule has 0 saturated carbocycles. The summed E-state index contributed by atoms with van der Waals surface area (Å²) in [5.74, 6) is 0.224. The quantitative estimate of drug-likeness (QED) is 0.764. The minimum absolute atomic E-state index is 0.153. The van der Waals surface area contributed by atoms with Crippen LogP contribution in [0.5, 0.6) is 11.6 Å². The molecule has 0 aliphatic heterocycles. The lowest BCUT2D eigenvalue weighted by Crippen LogP contribution is -2.09. The molecule has 1 N–H and O–H groups in total. The normalized spacial score (nSPS) is 11.8. The fourth-order valence-corrected chi connectivity index (χ4v) is 1.33. The first-order valence-electron chi connectivity index (χ1n) is 4.95. The van der Waals surface area contributed by atoms with E-state index in [4.69, 9.17) is 9.47 Å². The summed E-state index contributed by atoms with van der Waals surface area (Å²) in [6.45, 7) is 0.